The van der Waals surface area contributed by atoms with Crippen LogP contribution in [0, 0.1) is 0 Å². The molecule has 1 aliphatic carbocycles. The maximum Gasteiger partial charge on any atom is 0.131 e. The monoisotopic (exact) mass is 695 g/mol. The summed E-state index contributed by atoms with van der Waals surface area (Å²) in [6.45, 7) is 0. The highest BCUT2D eigenvalue weighted by Crippen LogP contribution is 2.42. The summed E-state index contributed by atoms with van der Waals surface area (Å²) >= 11 is 0. The summed E-state index contributed by atoms with van der Waals surface area (Å²) in [5.74, 6) is 0.881. The van der Waals surface area contributed by atoms with Crippen LogP contribution in [0.15, 0.2) is 175 Å². The first-order chi connectivity index (χ1) is 26.8. The molecule has 0 saturated heterocycles. The van der Waals surface area contributed by atoms with Crippen molar-refractivity contribution in [2.75, 3.05) is 0 Å². The Bertz CT molecular complexity index is 2940. The molecule has 54 heavy (non-hydrogen) atoms. The first-order valence-electron chi connectivity index (χ1n) is 18.9. The highest BCUT2D eigenvalue weighted by molar-refractivity contribution is 6.15. The van der Waals surface area contributed by atoms with Gasteiger partial charge < -0.3 is 14.5 Å². The Balaban J connectivity index is 1.12. The quantitative estimate of drug-likeness (QED) is 0.188. The van der Waals surface area contributed by atoms with Gasteiger partial charge in [0.1, 0.15) is 18.2 Å². The number of nitrogens with zero attached hydrogens (tertiary/aromatic N) is 3. The average molecular weight is 696 g/mol. The smallest absolute Gasteiger partial charge is 0.131 e. The topological polar surface area (TPSA) is 46.3 Å². The van der Waals surface area contributed by atoms with Gasteiger partial charge in [-0.3, -0.25) is 5.32 Å². The van der Waals surface area contributed by atoms with Gasteiger partial charge in [-0.25, -0.2) is 4.99 Å². The molecule has 2 aliphatic rings. The molecule has 9 aromatic rings. The van der Waals surface area contributed by atoms with Crippen molar-refractivity contribution in [1.82, 2.24) is 19.8 Å². The van der Waals surface area contributed by atoms with Crippen LogP contribution in [-0.4, -0.2) is 15.0 Å². The lowest BCUT2D eigenvalue weighted by Crippen LogP contribution is -2.45. The molecular formula is C49H37N5. The van der Waals surface area contributed by atoms with E-state index in [0.29, 0.717) is 0 Å². The molecule has 0 fully saturated rings. The van der Waals surface area contributed by atoms with Gasteiger partial charge in [-0.05, 0) is 65.8 Å². The summed E-state index contributed by atoms with van der Waals surface area (Å²) in [5.41, 5.74) is 12.1. The number of hydrogen-bond donors (Lipinski definition) is 2. The van der Waals surface area contributed by atoms with E-state index in [4.69, 9.17) is 4.99 Å². The number of fused-ring (bicyclic) bond motifs is 7. The molecule has 7 aromatic carbocycles. The van der Waals surface area contributed by atoms with E-state index < -0.39 is 0 Å². The minimum atomic E-state index is -0.202. The summed E-state index contributed by atoms with van der Waals surface area (Å²) in [4.78, 5) is 5.17. The van der Waals surface area contributed by atoms with Crippen molar-refractivity contribution in [3.8, 4) is 11.4 Å². The Kier molecular flexibility index (Phi) is 7.13. The number of benzene rings is 7. The number of allylic oxidation sites excluding steroid dienone is 1. The van der Waals surface area contributed by atoms with Gasteiger partial charge in [-0.15, -0.1) is 0 Å². The molecule has 2 atom stereocenters. The van der Waals surface area contributed by atoms with Gasteiger partial charge in [0.2, 0.25) is 0 Å². The third-order valence-corrected chi connectivity index (χ3v) is 11.3. The van der Waals surface area contributed by atoms with E-state index in [1.165, 1.54) is 66.0 Å². The second-order valence-electron chi connectivity index (χ2n) is 14.3. The zero-order valence-corrected chi connectivity index (χ0v) is 29.7. The van der Waals surface area contributed by atoms with E-state index in [9.17, 15) is 0 Å². The molecule has 2 aromatic heterocycles. The predicted octanol–water partition coefficient (Wildman–Crippen LogP) is 11.2. The molecule has 1 aliphatic heterocycles. The molecule has 0 saturated carbocycles. The molecule has 2 unspecified atom stereocenters. The van der Waals surface area contributed by atoms with Crippen LogP contribution in [0.25, 0.3) is 60.9 Å². The lowest BCUT2D eigenvalue weighted by molar-refractivity contribution is 0.411. The van der Waals surface area contributed by atoms with Gasteiger partial charge in [0, 0.05) is 44.1 Å². The number of nitrogens with one attached hydrogen (secondary N) is 2. The summed E-state index contributed by atoms with van der Waals surface area (Å²) in [6.07, 6.45) is 6.36. The van der Waals surface area contributed by atoms with Crippen molar-refractivity contribution < 1.29 is 0 Å². The van der Waals surface area contributed by atoms with Gasteiger partial charge in [0.15, 0.2) is 0 Å². The van der Waals surface area contributed by atoms with Crippen molar-refractivity contribution in [1.29, 1.82) is 0 Å². The van der Waals surface area contributed by atoms with Gasteiger partial charge in [0.05, 0.1) is 22.2 Å². The highest BCUT2D eigenvalue weighted by Gasteiger charge is 2.27. The molecule has 11 rings (SSSR count). The van der Waals surface area contributed by atoms with Crippen molar-refractivity contribution in [3.63, 3.8) is 0 Å². The van der Waals surface area contributed by atoms with Crippen LogP contribution < -0.4 is 10.6 Å². The maximum atomic E-state index is 5.17. The van der Waals surface area contributed by atoms with Gasteiger partial charge >= 0.3 is 0 Å². The number of hydrogen-bond acceptors (Lipinski definition) is 3. The fourth-order valence-corrected chi connectivity index (χ4v) is 8.84. The van der Waals surface area contributed by atoms with Crippen molar-refractivity contribution in [2.45, 2.75) is 25.2 Å². The number of aromatic nitrogens is 2. The summed E-state index contributed by atoms with van der Waals surface area (Å²) in [6, 6.07) is 59.0. The average Bonchev–Trinajstić information content (AvgIpc) is 3.75. The van der Waals surface area contributed by atoms with Crippen LogP contribution in [0.4, 0.5) is 0 Å². The van der Waals surface area contributed by atoms with E-state index in [1.807, 2.05) is 6.07 Å². The second-order valence-corrected chi connectivity index (χ2v) is 14.3. The van der Waals surface area contributed by atoms with E-state index in [0.717, 1.165) is 35.5 Å². The molecule has 0 amide bonds. The van der Waals surface area contributed by atoms with Crippen molar-refractivity contribution >= 4 is 55.4 Å². The van der Waals surface area contributed by atoms with Crippen LogP contribution in [0.3, 0.4) is 0 Å². The normalized spacial score (nSPS) is 16.9. The Labute approximate surface area is 313 Å². The van der Waals surface area contributed by atoms with Crippen molar-refractivity contribution in [3.05, 3.63) is 198 Å². The van der Waals surface area contributed by atoms with Crippen LogP contribution in [0.1, 0.15) is 46.7 Å². The van der Waals surface area contributed by atoms with E-state index in [1.54, 1.807) is 0 Å². The van der Waals surface area contributed by atoms with Crippen molar-refractivity contribution in [2.24, 2.45) is 4.99 Å². The lowest BCUT2D eigenvalue weighted by atomic mass is 9.99. The first-order valence-corrected chi connectivity index (χ1v) is 18.9. The lowest BCUT2D eigenvalue weighted by Gasteiger charge is -2.33. The van der Waals surface area contributed by atoms with E-state index >= 15 is 0 Å². The minimum absolute atomic E-state index is 0.173. The fraction of sp³-hybridized carbons (Fsp3) is 0.0816. The third kappa shape index (κ3) is 4.86. The molecule has 3 heterocycles. The van der Waals surface area contributed by atoms with E-state index in [2.05, 4.69) is 190 Å². The van der Waals surface area contributed by atoms with Gasteiger partial charge in [-0.2, -0.15) is 0 Å². The SMILES string of the molecule is C1=Cc2c(n(-c3ccccc3)c3cc4c(cc23)c2ccccc2n4-c2cccc3c(C4NC(c5ccccc5)=NC(c5ccccc5)N4)cccc23)CC1. The Hall–Kier alpha value is -6.69. The molecular weight excluding hydrogens is 659 g/mol. The predicted molar refractivity (Wildman–Crippen MR) is 224 cm³/mol. The highest BCUT2D eigenvalue weighted by atomic mass is 15.3. The zero-order valence-electron chi connectivity index (χ0n) is 29.7. The van der Waals surface area contributed by atoms with Crippen LogP contribution >= 0.6 is 0 Å². The third-order valence-electron chi connectivity index (χ3n) is 11.3. The number of aliphatic imine (C=N–C) groups is 1. The molecule has 5 heteroatoms. The van der Waals surface area contributed by atoms with Gasteiger partial charge in [-0.1, -0.05) is 140 Å². The summed E-state index contributed by atoms with van der Waals surface area (Å²) < 4.78 is 4.98. The number of rotatable bonds is 5. The first kappa shape index (κ1) is 30.9. The Morgan fingerprint density at radius 3 is 2.11 bits per heavy atom. The standard InChI is InChI=1S/C49H37N5/c1-4-16-32(17-5-1)47-50-48(33-18-6-2-7-19-33)52-49(51-47)39-26-14-25-36-35(39)24-15-29-44(36)54-43-28-13-11-23-38(43)41-30-40-37-22-10-12-27-42(37)53(45(40)31-46(41)54)34-20-8-3-9-21-34/h1-11,13-26,28-31,47,49,51H,12,27H2,(H,50,52). The molecule has 0 spiro atoms. The maximum absolute atomic E-state index is 5.17. The van der Waals surface area contributed by atoms with Crippen LogP contribution in [-0.2, 0) is 6.42 Å². The molecule has 258 valence electrons. The molecule has 0 bridgehead atoms. The number of para-hydroxylation sites is 2. The van der Waals surface area contributed by atoms with Crippen LogP contribution in [0.5, 0.6) is 0 Å². The van der Waals surface area contributed by atoms with Crippen LogP contribution in [0.2, 0.25) is 0 Å². The molecule has 0 radical (unpaired) electrons. The number of amidine groups is 1. The molecule has 5 nitrogen and oxygen atoms in total. The van der Waals surface area contributed by atoms with E-state index in [-0.39, 0.29) is 12.3 Å². The minimum Gasteiger partial charge on any atom is -0.350 e. The van der Waals surface area contributed by atoms with Gasteiger partial charge in [0.25, 0.3) is 0 Å². The Morgan fingerprint density at radius 2 is 1.26 bits per heavy atom. The largest absolute Gasteiger partial charge is 0.350 e. The zero-order chi connectivity index (χ0) is 35.6. The second kappa shape index (κ2) is 12.5. The fourth-order valence-electron chi connectivity index (χ4n) is 8.84. The molecule has 2 N–H and O–H groups in total. The summed E-state index contributed by atoms with van der Waals surface area (Å²) in [5, 5.41) is 13.8. The summed E-state index contributed by atoms with van der Waals surface area (Å²) in [7, 11) is 0. The Morgan fingerprint density at radius 1 is 0.556 bits per heavy atom.